The van der Waals surface area contributed by atoms with Gasteiger partial charge < -0.3 is 5.32 Å². The van der Waals surface area contributed by atoms with Gasteiger partial charge in [-0.1, -0.05) is 12.2 Å². The van der Waals surface area contributed by atoms with Crippen LogP contribution in [0.4, 0.5) is 0 Å². The van der Waals surface area contributed by atoms with E-state index >= 15 is 0 Å². The molecule has 14 heavy (non-hydrogen) atoms. The highest BCUT2D eigenvalue weighted by molar-refractivity contribution is 7.81. The van der Waals surface area contributed by atoms with E-state index in [4.69, 9.17) is 12.2 Å². The number of hydrogen-bond donors (Lipinski definition) is 1. The Labute approximate surface area is 94.8 Å². The number of nitrogens with zero attached hydrogens (tertiary/aromatic N) is 1. The molecule has 1 rings (SSSR count). The summed E-state index contributed by atoms with van der Waals surface area (Å²) in [6, 6.07) is 0. The van der Waals surface area contributed by atoms with Crippen LogP contribution in [0.3, 0.4) is 0 Å². The van der Waals surface area contributed by atoms with Gasteiger partial charge in [-0.2, -0.15) is 0 Å². The van der Waals surface area contributed by atoms with E-state index in [0.717, 1.165) is 15.7 Å². The second-order valence-electron chi connectivity index (χ2n) is 4.36. The van der Waals surface area contributed by atoms with Gasteiger partial charge >= 0.3 is 0 Å². The Morgan fingerprint density at radius 2 is 1.93 bits per heavy atom. The summed E-state index contributed by atoms with van der Waals surface area (Å²) in [7, 11) is 0. The summed E-state index contributed by atoms with van der Waals surface area (Å²) in [5.41, 5.74) is 1.08. The van der Waals surface area contributed by atoms with E-state index in [9.17, 15) is 0 Å². The first-order chi connectivity index (χ1) is 6.29. The molecular formula is C10H16N2S2. The smallest absolute Gasteiger partial charge is 0.151 e. The molecule has 0 aliphatic carbocycles. The van der Waals surface area contributed by atoms with Crippen molar-refractivity contribution in [2.45, 2.75) is 40.2 Å². The first-order valence-electron chi connectivity index (χ1n) is 4.56. The van der Waals surface area contributed by atoms with E-state index in [0.29, 0.717) is 0 Å². The van der Waals surface area contributed by atoms with E-state index < -0.39 is 0 Å². The topological polar surface area (TPSA) is 24.9 Å². The van der Waals surface area contributed by atoms with Crippen molar-refractivity contribution in [3.8, 4) is 0 Å². The molecule has 0 saturated carbocycles. The Morgan fingerprint density at radius 3 is 2.29 bits per heavy atom. The van der Waals surface area contributed by atoms with Gasteiger partial charge in [-0.15, -0.1) is 11.3 Å². The number of hydrogen-bond acceptors (Lipinski definition) is 3. The van der Waals surface area contributed by atoms with Crippen LogP contribution in [0.1, 0.15) is 36.3 Å². The van der Waals surface area contributed by atoms with Gasteiger partial charge in [0.25, 0.3) is 0 Å². The summed E-state index contributed by atoms with van der Waals surface area (Å²) < 4.78 is 0. The van der Waals surface area contributed by atoms with Gasteiger partial charge in [-0.3, -0.25) is 0 Å². The third kappa shape index (κ3) is 3.03. The van der Waals surface area contributed by atoms with E-state index in [1.807, 2.05) is 6.92 Å². The lowest BCUT2D eigenvalue weighted by Crippen LogP contribution is -2.39. The minimum Gasteiger partial charge on any atom is -0.369 e. The molecule has 1 heterocycles. The van der Waals surface area contributed by atoms with Crippen molar-refractivity contribution in [2.24, 2.45) is 0 Å². The standard InChI is InChI=1S/C10H16N2S2/c1-6-7(2)14-9(11-6)8(13)12-10(3,4)5/h1-5H3,(H,12,13). The lowest BCUT2D eigenvalue weighted by molar-refractivity contribution is 0.515. The first kappa shape index (κ1) is 11.6. The zero-order valence-electron chi connectivity index (χ0n) is 9.26. The van der Waals surface area contributed by atoms with E-state index in [-0.39, 0.29) is 5.54 Å². The number of nitrogens with one attached hydrogen (secondary N) is 1. The second kappa shape index (κ2) is 3.95. The summed E-state index contributed by atoms with van der Waals surface area (Å²) in [6.07, 6.45) is 0. The highest BCUT2D eigenvalue weighted by Gasteiger charge is 2.15. The van der Waals surface area contributed by atoms with Crippen LogP contribution < -0.4 is 5.32 Å². The zero-order valence-corrected chi connectivity index (χ0v) is 10.9. The Bertz CT molecular complexity index is 328. The zero-order chi connectivity index (χ0) is 10.9. The quantitative estimate of drug-likeness (QED) is 0.748. The molecule has 0 atom stereocenters. The fourth-order valence-electron chi connectivity index (χ4n) is 0.964. The Balaban J connectivity index is 2.80. The molecule has 1 aromatic heterocycles. The number of rotatable bonds is 1. The average molecular weight is 228 g/mol. The van der Waals surface area contributed by atoms with E-state index in [1.54, 1.807) is 11.3 Å². The molecule has 0 bridgehead atoms. The minimum atomic E-state index is 0.00453. The molecule has 78 valence electrons. The van der Waals surface area contributed by atoms with Crippen LogP contribution in [-0.2, 0) is 0 Å². The van der Waals surface area contributed by atoms with Gasteiger partial charge in [0.1, 0.15) is 4.99 Å². The van der Waals surface area contributed by atoms with Crippen molar-refractivity contribution in [1.82, 2.24) is 10.3 Å². The largest absolute Gasteiger partial charge is 0.369 e. The van der Waals surface area contributed by atoms with Gasteiger partial charge in [-0.25, -0.2) is 4.98 Å². The third-order valence-corrected chi connectivity index (χ3v) is 3.23. The molecule has 0 spiro atoms. The molecule has 0 aromatic carbocycles. The van der Waals surface area contributed by atoms with Crippen molar-refractivity contribution >= 4 is 28.5 Å². The maximum Gasteiger partial charge on any atom is 0.151 e. The number of thiazole rings is 1. The highest BCUT2D eigenvalue weighted by Crippen LogP contribution is 2.17. The monoisotopic (exact) mass is 228 g/mol. The van der Waals surface area contributed by atoms with Crippen molar-refractivity contribution in [1.29, 1.82) is 0 Å². The van der Waals surface area contributed by atoms with Crippen LogP contribution in [-0.4, -0.2) is 15.5 Å². The molecule has 0 aliphatic heterocycles. The highest BCUT2D eigenvalue weighted by atomic mass is 32.1. The predicted octanol–water partition coefficient (Wildman–Crippen LogP) is 2.82. The fraction of sp³-hybridized carbons (Fsp3) is 0.600. The van der Waals surface area contributed by atoms with Crippen LogP contribution in [0.5, 0.6) is 0 Å². The molecule has 1 aromatic rings. The summed E-state index contributed by atoms with van der Waals surface area (Å²) >= 11 is 6.93. The van der Waals surface area contributed by atoms with Crippen molar-refractivity contribution in [3.05, 3.63) is 15.6 Å². The molecule has 0 saturated heterocycles. The number of thiocarbonyl (C=S) groups is 1. The maximum absolute atomic E-state index is 5.28. The van der Waals surface area contributed by atoms with Gasteiger partial charge in [-0.05, 0) is 34.6 Å². The van der Waals surface area contributed by atoms with E-state index in [1.165, 1.54) is 4.88 Å². The Hall–Kier alpha value is -0.480. The normalized spacial score (nSPS) is 11.5. The maximum atomic E-state index is 5.28. The number of aryl methyl sites for hydroxylation is 2. The molecule has 0 fully saturated rings. The first-order valence-corrected chi connectivity index (χ1v) is 5.78. The summed E-state index contributed by atoms with van der Waals surface area (Å²) in [6.45, 7) is 10.3. The fourth-order valence-corrected chi connectivity index (χ4v) is 2.25. The third-order valence-electron chi connectivity index (χ3n) is 1.71. The minimum absolute atomic E-state index is 0.00453. The predicted molar refractivity (Wildman–Crippen MR) is 66.2 cm³/mol. The van der Waals surface area contributed by atoms with Crippen molar-refractivity contribution in [3.63, 3.8) is 0 Å². The Morgan fingerprint density at radius 1 is 1.36 bits per heavy atom. The van der Waals surface area contributed by atoms with Crippen LogP contribution in [0.25, 0.3) is 0 Å². The van der Waals surface area contributed by atoms with E-state index in [2.05, 4.69) is 38.0 Å². The Kier molecular flexibility index (Phi) is 3.27. The van der Waals surface area contributed by atoms with Crippen LogP contribution in [0.2, 0.25) is 0 Å². The lowest BCUT2D eigenvalue weighted by Gasteiger charge is -2.21. The van der Waals surface area contributed by atoms with Gasteiger partial charge in [0.05, 0.1) is 5.69 Å². The van der Waals surface area contributed by atoms with Gasteiger partial charge in [0, 0.05) is 10.4 Å². The van der Waals surface area contributed by atoms with Gasteiger partial charge in [0.15, 0.2) is 5.01 Å². The average Bonchev–Trinajstić information content (AvgIpc) is 2.28. The number of aromatic nitrogens is 1. The molecule has 0 aliphatic rings. The molecule has 0 unspecified atom stereocenters. The molecule has 0 amide bonds. The molecular weight excluding hydrogens is 212 g/mol. The lowest BCUT2D eigenvalue weighted by atomic mass is 10.1. The van der Waals surface area contributed by atoms with Crippen molar-refractivity contribution in [2.75, 3.05) is 0 Å². The molecule has 2 nitrogen and oxygen atoms in total. The van der Waals surface area contributed by atoms with Gasteiger partial charge in [0.2, 0.25) is 0 Å². The second-order valence-corrected chi connectivity index (χ2v) is 5.98. The summed E-state index contributed by atoms with van der Waals surface area (Å²) in [4.78, 5) is 6.39. The van der Waals surface area contributed by atoms with Crippen LogP contribution in [0, 0.1) is 13.8 Å². The van der Waals surface area contributed by atoms with Crippen molar-refractivity contribution < 1.29 is 0 Å². The molecule has 1 N–H and O–H groups in total. The molecule has 4 heteroatoms. The summed E-state index contributed by atoms with van der Waals surface area (Å²) in [5.74, 6) is 0. The summed E-state index contributed by atoms with van der Waals surface area (Å²) in [5, 5.41) is 4.18. The van der Waals surface area contributed by atoms with Crippen LogP contribution >= 0.6 is 23.6 Å². The SMILES string of the molecule is Cc1nc(C(=S)NC(C)(C)C)sc1C. The molecule has 0 radical (unpaired) electrons. The van der Waals surface area contributed by atoms with Crippen LogP contribution in [0.15, 0.2) is 0 Å².